The van der Waals surface area contributed by atoms with E-state index in [2.05, 4.69) is 4.98 Å². The molecule has 1 aromatic heterocycles. The summed E-state index contributed by atoms with van der Waals surface area (Å²) in [4.78, 5) is 20.3. The molecule has 0 spiro atoms. The fourth-order valence-electron chi connectivity index (χ4n) is 3.70. The van der Waals surface area contributed by atoms with Gasteiger partial charge in [0.05, 0.1) is 5.56 Å². The highest BCUT2D eigenvalue weighted by Crippen LogP contribution is 2.37. The summed E-state index contributed by atoms with van der Waals surface area (Å²) in [6.07, 6.45) is -3.14. The number of aromatic nitrogens is 1. The second-order valence-electron chi connectivity index (χ2n) is 8.03. The van der Waals surface area contributed by atoms with Crippen LogP contribution in [0.4, 0.5) is 23.8 Å². The first-order valence-corrected chi connectivity index (χ1v) is 8.76. The quantitative estimate of drug-likeness (QED) is 0.749. The Morgan fingerprint density at radius 2 is 1.73 bits per heavy atom. The standard InChI is InChI=1S/C18H24F3N3O2/c1-11-7-12(18(19,20)21)8-15(22-11)24-13-5-6-14(24)10-23(9-13)16(25)26-17(2,3)4/h7-8,13-14H,5-6,9-10H2,1-4H3. The van der Waals surface area contributed by atoms with Crippen LogP contribution in [0.3, 0.4) is 0 Å². The van der Waals surface area contributed by atoms with E-state index in [4.69, 9.17) is 4.74 Å². The first-order chi connectivity index (χ1) is 11.9. The number of hydrogen-bond donors (Lipinski definition) is 0. The van der Waals surface area contributed by atoms with Crippen molar-refractivity contribution in [2.45, 2.75) is 64.4 Å². The third-order valence-corrected chi connectivity index (χ3v) is 4.67. The molecule has 3 heterocycles. The van der Waals surface area contributed by atoms with Gasteiger partial charge >= 0.3 is 12.3 Å². The number of amides is 1. The van der Waals surface area contributed by atoms with Crippen molar-refractivity contribution in [2.75, 3.05) is 18.0 Å². The molecular formula is C18H24F3N3O2. The van der Waals surface area contributed by atoms with Gasteiger partial charge in [-0.3, -0.25) is 0 Å². The summed E-state index contributed by atoms with van der Waals surface area (Å²) < 4.78 is 44.8. The lowest BCUT2D eigenvalue weighted by molar-refractivity contribution is -0.137. The van der Waals surface area contributed by atoms with E-state index in [1.165, 1.54) is 0 Å². The van der Waals surface area contributed by atoms with E-state index in [0.717, 1.165) is 25.0 Å². The Hall–Kier alpha value is -1.99. The molecule has 2 aliphatic rings. The smallest absolute Gasteiger partial charge is 0.416 e. The summed E-state index contributed by atoms with van der Waals surface area (Å²) in [7, 11) is 0. The van der Waals surface area contributed by atoms with Crippen molar-refractivity contribution in [2.24, 2.45) is 0 Å². The second kappa shape index (κ2) is 6.32. The Morgan fingerprint density at radius 1 is 1.15 bits per heavy atom. The lowest BCUT2D eigenvalue weighted by Gasteiger charge is -2.42. The highest BCUT2D eigenvalue weighted by Gasteiger charge is 2.43. The Bertz CT molecular complexity index is 686. The Balaban J connectivity index is 1.81. The van der Waals surface area contributed by atoms with Crippen LogP contribution in [0.5, 0.6) is 0 Å². The molecule has 2 aliphatic heterocycles. The normalized spacial score (nSPS) is 23.3. The first-order valence-electron chi connectivity index (χ1n) is 8.76. The van der Waals surface area contributed by atoms with Gasteiger partial charge in [-0.05, 0) is 52.7 Å². The number of likely N-dealkylation sites (tertiary alicyclic amines) is 1. The molecule has 3 rings (SSSR count). The average Bonchev–Trinajstić information content (AvgIpc) is 2.74. The number of alkyl halides is 3. The number of nitrogens with zero attached hydrogens (tertiary/aromatic N) is 3. The maximum atomic E-state index is 13.1. The van der Waals surface area contributed by atoms with Gasteiger partial charge in [0, 0.05) is 30.9 Å². The van der Waals surface area contributed by atoms with Crippen LogP contribution in [0.1, 0.15) is 44.9 Å². The average molecular weight is 371 g/mol. The van der Waals surface area contributed by atoms with Crippen LogP contribution >= 0.6 is 0 Å². The third kappa shape index (κ3) is 3.88. The summed E-state index contributed by atoms with van der Waals surface area (Å²) in [6, 6.07) is 2.08. The molecule has 1 aromatic rings. The van der Waals surface area contributed by atoms with Crippen molar-refractivity contribution < 1.29 is 22.7 Å². The van der Waals surface area contributed by atoms with Gasteiger partial charge in [0.1, 0.15) is 11.4 Å². The van der Waals surface area contributed by atoms with Crippen LogP contribution in [0.2, 0.25) is 0 Å². The van der Waals surface area contributed by atoms with E-state index in [0.29, 0.717) is 24.6 Å². The molecule has 144 valence electrons. The molecule has 0 aromatic carbocycles. The minimum atomic E-state index is -4.40. The van der Waals surface area contributed by atoms with Crippen molar-refractivity contribution in [3.63, 3.8) is 0 Å². The van der Waals surface area contributed by atoms with Gasteiger partial charge in [0.25, 0.3) is 0 Å². The SMILES string of the molecule is Cc1cc(C(F)(F)F)cc(N2C3CCC2CN(C(=O)OC(C)(C)C)C3)n1. The van der Waals surface area contributed by atoms with Gasteiger partial charge in [-0.2, -0.15) is 13.2 Å². The summed E-state index contributed by atoms with van der Waals surface area (Å²) in [5, 5.41) is 0. The Morgan fingerprint density at radius 3 is 2.23 bits per heavy atom. The van der Waals surface area contributed by atoms with Gasteiger partial charge in [-0.25, -0.2) is 9.78 Å². The van der Waals surface area contributed by atoms with E-state index >= 15 is 0 Å². The molecule has 2 fully saturated rings. The molecule has 5 nitrogen and oxygen atoms in total. The van der Waals surface area contributed by atoms with Crippen LogP contribution in [0.15, 0.2) is 12.1 Å². The minimum absolute atomic E-state index is 0.0448. The molecule has 0 aliphatic carbocycles. The molecule has 2 saturated heterocycles. The molecule has 26 heavy (non-hydrogen) atoms. The second-order valence-corrected chi connectivity index (χ2v) is 8.03. The fourth-order valence-corrected chi connectivity index (χ4v) is 3.70. The molecule has 2 atom stereocenters. The molecular weight excluding hydrogens is 347 g/mol. The van der Waals surface area contributed by atoms with Crippen molar-refractivity contribution in [1.82, 2.24) is 9.88 Å². The predicted molar refractivity (Wildman–Crippen MR) is 91.1 cm³/mol. The topological polar surface area (TPSA) is 45.7 Å². The molecule has 0 saturated carbocycles. The van der Waals surface area contributed by atoms with Crippen molar-refractivity contribution in [3.8, 4) is 0 Å². The highest BCUT2D eigenvalue weighted by atomic mass is 19.4. The molecule has 0 N–H and O–H groups in total. The van der Waals surface area contributed by atoms with Gasteiger partial charge in [0.15, 0.2) is 0 Å². The summed E-state index contributed by atoms with van der Waals surface area (Å²) >= 11 is 0. The van der Waals surface area contributed by atoms with Gasteiger partial charge in [-0.1, -0.05) is 0 Å². The lowest BCUT2D eigenvalue weighted by Crippen LogP contribution is -2.56. The zero-order valence-corrected chi connectivity index (χ0v) is 15.4. The summed E-state index contributed by atoms with van der Waals surface area (Å²) in [6.45, 7) is 7.86. The minimum Gasteiger partial charge on any atom is -0.444 e. The van der Waals surface area contributed by atoms with Crippen LogP contribution in [0, 0.1) is 6.92 Å². The lowest BCUT2D eigenvalue weighted by atomic mass is 10.1. The Labute approximate surface area is 151 Å². The maximum absolute atomic E-state index is 13.1. The zero-order valence-electron chi connectivity index (χ0n) is 15.4. The zero-order chi connectivity index (χ0) is 19.3. The van der Waals surface area contributed by atoms with E-state index < -0.39 is 17.3 Å². The molecule has 2 unspecified atom stereocenters. The monoisotopic (exact) mass is 371 g/mol. The van der Waals surface area contributed by atoms with Crippen molar-refractivity contribution in [1.29, 1.82) is 0 Å². The number of aryl methyl sites for hydroxylation is 1. The van der Waals surface area contributed by atoms with Crippen molar-refractivity contribution in [3.05, 3.63) is 23.4 Å². The fraction of sp³-hybridized carbons (Fsp3) is 0.667. The largest absolute Gasteiger partial charge is 0.444 e. The molecule has 1 amide bonds. The predicted octanol–water partition coefficient (Wildman–Crippen LogP) is 4.00. The van der Waals surface area contributed by atoms with Crippen LogP contribution in [-0.4, -0.2) is 46.8 Å². The molecule has 0 radical (unpaired) electrons. The van der Waals surface area contributed by atoms with E-state index in [1.807, 2.05) is 25.7 Å². The summed E-state index contributed by atoms with van der Waals surface area (Å²) in [5.74, 6) is 0.341. The van der Waals surface area contributed by atoms with Crippen LogP contribution in [-0.2, 0) is 10.9 Å². The number of anilines is 1. The molecule has 2 bridgehead atoms. The number of carbonyl (C=O) groups is 1. The number of fused-ring (bicyclic) bond motifs is 2. The Kier molecular flexibility index (Phi) is 4.56. The third-order valence-electron chi connectivity index (χ3n) is 4.67. The van der Waals surface area contributed by atoms with Crippen molar-refractivity contribution >= 4 is 11.9 Å². The maximum Gasteiger partial charge on any atom is 0.416 e. The molecule has 8 heteroatoms. The van der Waals surface area contributed by atoms with Crippen LogP contribution in [0.25, 0.3) is 0 Å². The first kappa shape index (κ1) is 18.8. The number of carbonyl (C=O) groups excluding carboxylic acids is 1. The number of rotatable bonds is 1. The highest BCUT2D eigenvalue weighted by molar-refractivity contribution is 5.69. The number of piperazine rings is 1. The number of hydrogen-bond acceptors (Lipinski definition) is 4. The number of halogens is 3. The van der Waals surface area contributed by atoms with E-state index in [-0.39, 0.29) is 18.2 Å². The number of ether oxygens (including phenoxy) is 1. The van der Waals surface area contributed by atoms with Gasteiger partial charge in [0.2, 0.25) is 0 Å². The van der Waals surface area contributed by atoms with E-state index in [9.17, 15) is 18.0 Å². The van der Waals surface area contributed by atoms with E-state index in [1.54, 1.807) is 11.8 Å². The van der Waals surface area contributed by atoms with Gasteiger partial charge < -0.3 is 14.5 Å². The van der Waals surface area contributed by atoms with Gasteiger partial charge in [-0.15, -0.1) is 0 Å². The summed E-state index contributed by atoms with van der Waals surface area (Å²) in [5.41, 5.74) is -0.926. The number of pyridine rings is 1. The van der Waals surface area contributed by atoms with Crippen LogP contribution < -0.4 is 4.90 Å².